The van der Waals surface area contributed by atoms with E-state index in [2.05, 4.69) is 5.32 Å². The van der Waals surface area contributed by atoms with E-state index in [-0.39, 0.29) is 12.4 Å². The Bertz CT molecular complexity index is 120. The first-order chi connectivity index (χ1) is 5.47. The van der Waals surface area contributed by atoms with Gasteiger partial charge in [-0.15, -0.1) is 12.4 Å². The van der Waals surface area contributed by atoms with Crippen LogP contribution in [0.1, 0.15) is 19.3 Å². The van der Waals surface area contributed by atoms with Gasteiger partial charge in [-0.1, -0.05) is 0 Å². The fraction of sp³-hybridized carbons (Fsp3) is 1.00. The van der Waals surface area contributed by atoms with Crippen molar-refractivity contribution in [3.63, 3.8) is 0 Å². The maximum atomic E-state index is 5.39. The van der Waals surface area contributed by atoms with Crippen LogP contribution in [0.15, 0.2) is 0 Å². The lowest BCUT2D eigenvalue weighted by Gasteiger charge is -2.26. The molecule has 2 nitrogen and oxygen atoms in total. The van der Waals surface area contributed by atoms with Crippen molar-refractivity contribution < 1.29 is 4.74 Å². The number of hydrogen-bond acceptors (Lipinski definition) is 2. The van der Waals surface area contributed by atoms with Crippen LogP contribution in [0.5, 0.6) is 0 Å². The molecule has 0 saturated carbocycles. The van der Waals surface area contributed by atoms with E-state index in [1.54, 1.807) is 0 Å². The first-order valence-corrected chi connectivity index (χ1v) is 4.75. The van der Waals surface area contributed by atoms with Crippen LogP contribution in [0.25, 0.3) is 0 Å². The Kier molecular flexibility index (Phi) is 4.33. The zero-order chi connectivity index (χ0) is 7.52. The average molecular weight is 192 g/mol. The van der Waals surface area contributed by atoms with Crippen molar-refractivity contribution in [2.24, 2.45) is 11.8 Å². The molecule has 1 atom stereocenters. The fourth-order valence-corrected chi connectivity index (χ4v) is 2.24. The van der Waals surface area contributed by atoms with Crippen molar-refractivity contribution in [2.75, 3.05) is 26.3 Å². The summed E-state index contributed by atoms with van der Waals surface area (Å²) in [6, 6.07) is 0. The third kappa shape index (κ3) is 2.35. The average Bonchev–Trinajstić information content (AvgIpc) is 2.58. The van der Waals surface area contributed by atoms with Crippen molar-refractivity contribution in [2.45, 2.75) is 19.3 Å². The summed E-state index contributed by atoms with van der Waals surface area (Å²) < 4.78 is 5.39. The van der Waals surface area contributed by atoms with Gasteiger partial charge in [0.25, 0.3) is 0 Å². The van der Waals surface area contributed by atoms with Gasteiger partial charge in [-0.05, 0) is 44.2 Å². The minimum Gasteiger partial charge on any atom is -0.381 e. The molecule has 0 bridgehead atoms. The van der Waals surface area contributed by atoms with Gasteiger partial charge in [-0.25, -0.2) is 0 Å². The summed E-state index contributed by atoms with van der Waals surface area (Å²) in [6.45, 7) is 4.49. The van der Waals surface area contributed by atoms with E-state index in [1.807, 2.05) is 0 Å². The van der Waals surface area contributed by atoms with Gasteiger partial charge in [0, 0.05) is 13.2 Å². The molecule has 0 amide bonds. The van der Waals surface area contributed by atoms with E-state index in [0.717, 1.165) is 25.0 Å². The molecule has 2 heterocycles. The lowest BCUT2D eigenvalue weighted by atomic mass is 9.84. The molecule has 2 rings (SSSR count). The molecule has 1 N–H and O–H groups in total. The summed E-state index contributed by atoms with van der Waals surface area (Å²) in [7, 11) is 0. The van der Waals surface area contributed by atoms with Crippen LogP contribution < -0.4 is 5.32 Å². The topological polar surface area (TPSA) is 21.3 Å². The predicted molar refractivity (Wildman–Crippen MR) is 51.8 cm³/mol. The smallest absolute Gasteiger partial charge is 0.0497 e. The second-order valence-corrected chi connectivity index (χ2v) is 3.71. The van der Waals surface area contributed by atoms with Crippen molar-refractivity contribution >= 4 is 12.4 Å². The predicted octanol–water partition coefficient (Wildman–Crippen LogP) is 1.44. The van der Waals surface area contributed by atoms with Crippen molar-refractivity contribution in [1.29, 1.82) is 0 Å². The Morgan fingerprint density at radius 2 is 1.75 bits per heavy atom. The highest BCUT2D eigenvalue weighted by Gasteiger charge is 2.26. The largest absolute Gasteiger partial charge is 0.381 e. The van der Waals surface area contributed by atoms with E-state index in [1.165, 1.54) is 32.4 Å². The summed E-state index contributed by atoms with van der Waals surface area (Å²) in [6.07, 6.45) is 4.05. The number of hydrogen-bond donors (Lipinski definition) is 1. The molecule has 2 aliphatic rings. The molecule has 0 aromatic carbocycles. The molecule has 1 unspecified atom stereocenters. The van der Waals surface area contributed by atoms with E-state index in [9.17, 15) is 0 Å². The highest BCUT2D eigenvalue weighted by atomic mass is 35.5. The summed E-state index contributed by atoms with van der Waals surface area (Å²) in [5, 5.41) is 3.40. The second kappa shape index (κ2) is 5.05. The Balaban J connectivity index is 0.000000720. The molecule has 0 aromatic rings. The van der Waals surface area contributed by atoms with Crippen molar-refractivity contribution in [3.8, 4) is 0 Å². The maximum absolute atomic E-state index is 5.39. The van der Waals surface area contributed by atoms with Crippen molar-refractivity contribution in [1.82, 2.24) is 5.32 Å². The quantitative estimate of drug-likeness (QED) is 0.678. The van der Waals surface area contributed by atoms with Crippen LogP contribution in [0.2, 0.25) is 0 Å². The molecule has 0 radical (unpaired) electrons. The lowest BCUT2D eigenvalue weighted by molar-refractivity contribution is 0.162. The van der Waals surface area contributed by atoms with Gasteiger partial charge in [0.05, 0.1) is 0 Å². The van der Waals surface area contributed by atoms with Gasteiger partial charge >= 0.3 is 0 Å². The van der Waals surface area contributed by atoms with Gasteiger partial charge in [-0.2, -0.15) is 0 Å². The first-order valence-electron chi connectivity index (χ1n) is 4.75. The molecule has 0 spiro atoms. The molecule has 0 aliphatic carbocycles. The van der Waals surface area contributed by atoms with Gasteiger partial charge < -0.3 is 10.1 Å². The van der Waals surface area contributed by atoms with Crippen LogP contribution in [0, 0.1) is 11.8 Å². The fourth-order valence-electron chi connectivity index (χ4n) is 2.24. The van der Waals surface area contributed by atoms with E-state index in [4.69, 9.17) is 4.74 Å². The lowest BCUT2D eigenvalue weighted by Crippen LogP contribution is -2.31. The monoisotopic (exact) mass is 191 g/mol. The number of nitrogens with one attached hydrogen (secondary N) is 1. The summed E-state index contributed by atoms with van der Waals surface area (Å²) in [4.78, 5) is 0. The van der Waals surface area contributed by atoms with Crippen LogP contribution >= 0.6 is 12.4 Å². The maximum Gasteiger partial charge on any atom is 0.0497 e. The van der Waals surface area contributed by atoms with Gasteiger partial charge in [0.1, 0.15) is 0 Å². The third-order valence-electron chi connectivity index (χ3n) is 3.02. The molecular weight excluding hydrogens is 174 g/mol. The minimum atomic E-state index is 0. The van der Waals surface area contributed by atoms with Crippen LogP contribution in [-0.4, -0.2) is 26.3 Å². The molecule has 0 aromatic heterocycles. The first kappa shape index (κ1) is 10.3. The van der Waals surface area contributed by atoms with E-state index < -0.39 is 0 Å². The Morgan fingerprint density at radius 1 is 1.00 bits per heavy atom. The van der Waals surface area contributed by atoms with E-state index >= 15 is 0 Å². The zero-order valence-electron chi connectivity index (χ0n) is 7.42. The highest BCUT2D eigenvalue weighted by Crippen LogP contribution is 2.28. The minimum absolute atomic E-state index is 0. The standard InChI is InChI=1S/C9H17NO.ClH/c1-4-10-5-2-8(1)9-3-6-11-7-9;/h8-10H,1-7H2;1H. The Morgan fingerprint density at radius 3 is 2.33 bits per heavy atom. The van der Waals surface area contributed by atoms with Crippen LogP contribution in [0.3, 0.4) is 0 Å². The van der Waals surface area contributed by atoms with E-state index in [0.29, 0.717) is 0 Å². The number of ether oxygens (including phenoxy) is 1. The van der Waals surface area contributed by atoms with Gasteiger partial charge in [-0.3, -0.25) is 0 Å². The SMILES string of the molecule is C1CC(C2CCOC2)CCN1.Cl. The van der Waals surface area contributed by atoms with Crippen molar-refractivity contribution in [3.05, 3.63) is 0 Å². The van der Waals surface area contributed by atoms with Gasteiger partial charge in [0.2, 0.25) is 0 Å². The van der Waals surface area contributed by atoms with Crippen LogP contribution in [-0.2, 0) is 4.74 Å². The Labute approximate surface area is 80.5 Å². The molecule has 3 heteroatoms. The molecule has 2 saturated heterocycles. The molecular formula is C9H18ClNO. The number of piperidine rings is 1. The zero-order valence-corrected chi connectivity index (χ0v) is 8.24. The molecule has 2 aliphatic heterocycles. The molecule has 12 heavy (non-hydrogen) atoms. The number of halogens is 1. The Hall–Kier alpha value is 0.210. The summed E-state index contributed by atoms with van der Waals surface area (Å²) in [5.74, 6) is 1.84. The van der Waals surface area contributed by atoms with Crippen LogP contribution in [0.4, 0.5) is 0 Å². The summed E-state index contributed by atoms with van der Waals surface area (Å²) in [5.41, 5.74) is 0. The number of rotatable bonds is 1. The molecule has 2 fully saturated rings. The normalized spacial score (nSPS) is 31.5. The molecule has 72 valence electrons. The highest BCUT2D eigenvalue weighted by molar-refractivity contribution is 5.85. The second-order valence-electron chi connectivity index (χ2n) is 3.71. The van der Waals surface area contributed by atoms with Gasteiger partial charge in [0.15, 0.2) is 0 Å². The third-order valence-corrected chi connectivity index (χ3v) is 3.02. The summed E-state index contributed by atoms with van der Waals surface area (Å²) >= 11 is 0.